The van der Waals surface area contributed by atoms with Gasteiger partial charge in [0.2, 0.25) is 0 Å². The molecule has 2 aromatic heterocycles. The Morgan fingerprint density at radius 1 is 0.619 bits per heavy atom. The van der Waals surface area contributed by atoms with Gasteiger partial charge in [0.1, 0.15) is 14.1 Å². The van der Waals surface area contributed by atoms with E-state index in [-0.39, 0.29) is 0 Å². The molecule has 0 spiro atoms. The second-order valence-electron chi connectivity index (χ2n) is 8.66. The smallest absolute Gasteiger partial charge is 0.485 e. The van der Waals surface area contributed by atoms with Gasteiger partial charge in [-0.15, -0.1) is 0 Å². The normalized spacial score (nSPS) is 12.0. The van der Waals surface area contributed by atoms with E-state index in [9.17, 15) is 26.3 Å². The van der Waals surface area contributed by atoms with E-state index in [1.165, 1.54) is 49.9 Å². The molecule has 0 saturated heterocycles. The van der Waals surface area contributed by atoms with Crippen molar-refractivity contribution in [2.75, 3.05) is 14.2 Å². The summed E-state index contributed by atoms with van der Waals surface area (Å²) in [6.45, 7) is 0. The maximum atomic E-state index is 10.7. The number of pyridine rings is 2. The molecular weight excluding hydrogens is 622 g/mol. The van der Waals surface area contributed by atoms with Gasteiger partial charge in [0, 0.05) is 25.0 Å². The Hall–Kier alpha value is -2.70. The van der Waals surface area contributed by atoms with Crippen molar-refractivity contribution < 1.29 is 70.9 Å². The number of ether oxygens (including phenoxy) is 2. The summed E-state index contributed by atoms with van der Waals surface area (Å²) in [5, 5.41) is 0. The summed E-state index contributed by atoms with van der Waals surface area (Å²) in [6.07, 6.45) is 9.95. The number of rotatable bonds is 11. The standard InChI is InChI=1S/C22H34N2O2.2CHF3O3S/c1-23-19(15-11-17-21(23)25-3)13-9-7-5-6-8-10-14-20-16-12-18-22(26-4)24(20)2;2*2-1(3,4)8(5,6)7/h11-12,15-18H,5-10,13-14H2,1-4H3;2*(H,5,6,7)/q+2;;/p-2. The maximum Gasteiger partial charge on any atom is 0.485 e. The second kappa shape index (κ2) is 17.4. The van der Waals surface area contributed by atoms with Crippen LogP contribution in [-0.4, -0.2) is 51.2 Å². The Balaban J connectivity index is 0.000000861. The molecule has 0 aliphatic carbocycles. The molecule has 2 aromatic rings. The lowest BCUT2D eigenvalue weighted by Crippen LogP contribution is -2.35. The molecule has 0 unspecified atom stereocenters. The number of halogens is 6. The number of hydrogen-bond acceptors (Lipinski definition) is 8. The maximum absolute atomic E-state index is 10.7. The lowest BCUT2D eigenvalue weighted by molar-refractivity contribution is -0.684. The van der Waals surface area contributed by atoms with Crippen molar-refractivity contribution in [3.63, 3.8) is 0 Å². The van der Waals surface area contributed by atoms with Gasteiger partial charge in [-0.2, -0.15) is 35.5 Å². The molecule has 0 fully saturated rings. The van der Waals surface area contributed by atoms with Crippen LogP contribution in [0.5, 0.6) is 11.8 Å². The van der Waals surface area contributed by atoms with Gasteiger partial charge in [0.15, 0.2) is 31.6 Å². The first-order valence-corrected chi connectivity index (χ1v) is 15.1. The largest absolute Gasteiger partial charge is 0.741 e. The van der Waals surface area contributed by atoms with Gasteiger partial charge in [0.25, 0.3) is 0 Å². The average molecular weight is 657 g/mol. The highest BCUT2D eigenvalue weighted by atomic mass is 32.2. The Kier molecular flexibility index (Phi) is 16.3. The summed E-state index contributed by atoms with van der Waals surface area (Å²) in [4.78, 5) is 0. The van der Waals surface area contributed by atoms with E-state index in [1.807, 2.05) is 12.1 Å². The van der Waals surface area contributed by atoms with E-state index >= 15 is 0 Å². The van der Waals surface area contributed by atoms with Crippen molar-refractivity contribution in [3.05, 3.63) is 47.8 Å². The van der Waals surface area contributed by atoms with Crippen LogP contribution in [0.1, 0.15) is 49.9 Å². The minimum atomic E-state index is -6.09. The molecule has 10 nitrogen and oxygen atoms in total. The minimum Gasteiger partial charge on any atom is -0.741 e. The Morgan fingerprint density at radius 2 is 0.881 bits per heavy atom. The molecule has 0 atom stereocenters. The van der Waals surface area contributed by atoms with Crippen molar-refractivity contribution >= 4 is 20.2 Å². The first-order chi connectivity index (χ1) is 19.2. The van der Waals surface area contributed by atoms with Crippen LogP contribution in [0.3, 0.4) is 0 Å². The highest BCUT2D eigenvalue weighted by Gasteiger charge is 2.37. The molecule has 42 heavy (non-hydrogen) atoms. The fourth-order valence-corrected chi connectivity index (χ4v) is 3.44. The predicted molar refractivity (Wildman–Crippen MR) is 135 cm³/mol. The zero-order valence-corrected chi connectivity index (χ0v) is 25.0. The first-order valence-electron chi connectivity index (χ1n) is 12.3. The SMILES string of the molecule is COc1cccc(CCCCCCCCc2cccc(OC)[n+]2C)[n+]1C.O=S(=O)([O-])C(F)(F)F.O=S(=O)([O-])C(F)(F)F. The summed E-state index contributed by atoms with van der Waals surface area (Å²) < 4.78 is 133. The number of hydrogen-bond donors (Lipinski definition) is 0. The Morgan fingerprint density at radius 3 is 1.12 bits per heavy atom. The van der Waals surface area contributed by atoms with Crippen LogP contribution in [0.25, 0.3) is 0 Å². The molecule has 0 bridgehead atoms. The van der Waals surface area contributed by atoms with Crippen LogP contribution < -0.4 is 18.6 Å². The van der Waals surface area contributed by atoms with Crippen LogP contribution in [0.2, 0.25) is 0 Å². The number of unbranched alkanes of at least 4 members (excludes halogenated alkanes) is 5. The highest BCUT2D eigenvalue weighted by Crippen LogP contribution is 2.21. The third-order valence-electron chi connectivity index (χ3n) is 5.68. The van der Waals surface area contributed by atoms with E-state index in [4.69, 9.17) is 35.4 Å². The zero-order valence-electron chi connectivity index (χ0n) is 23.4. The van der Waals surface area contributed by atoms with Crippen LogP contribution in [0.4, 0.5) is 26.3 Å². The van der Waals surface area contributed by atoms with Gasteiger partial charge in [-0.05, 0) is 25.0 Å². The van der Waals surface area contributed by atoms with Crippen molar-refractivity contribution in [1.29, 1.82) is 0 Å². The van der Waals surface area contributed by atoms with Gasteiger partial charge in [-0.25, -0.2) is 16.8 Å². The molecule has 18 heteroatoms. The van der Waals surface area contributed by atoms with E-state index in [0.29, 0.717) is 0 Å². The summed E-state index contributed by atoms with van der Waals surface area (Å²) >= 11 is 0. The molecule has 2 heterocycles. The quantitative estimate of drug-likeness (QED) is 0.118. The van der Waals surface area contributed by atoms with Crippen molar-refractivity contribution in [2.24, 2.45) is 14.1 Å². The molecule has 0 N–H and O–H groups in total. The van der Waals surface area contributed by atoms with Gasteiger partial charge in [-0.3, -0.25) is 0 Å². The molecule has 0 saturated carbocycles. The van der Waals surface area contributed by atoms with Crippen molar-refractivity contribution in [2.45, 2.75) is 62.4 Å². The third kappa shape index (κ3) is 14.5. The summed E-state index contributed by atoms with van der Waals surface area (Å²) in [5.41, 5.74) is -8.61. The van der Waals surface area contributed by atoms with E-state index in [0.717, 1.165) is 24.6 Å². The fraction of sp³-hybridized carbons (Fsp3) is 0.583. The van der Waals surface area contributed by atoms with Gasteiger partial charge < -0.3 is 18.6 Å². The third-order valence-corrected chi connectivity index (χ3v) is 6.81. The first kappa shape index (κ1) is 39.3. The lowest BCUT2D eigenvalue weighted by atomic mass is 10.1. The average Bonchev–Trinajstić information content (AvgIpc) is 2.85. The van der Waals surface area contributed by atoms with E-state index < -0.39 is 31.3 Å². The minimum absolute atomic E-state index is 0.924. The number of methoxy groups -OCH3 is 2. The molecule has 2 rings (SSSR count). The fourth-order valence-electron chi connectivity index (χ4n) is 3.44. The van der Waals surface area contributed by atoms with Crippen LogP contribution in [0, 0.1) is 0 Å². The molecular formula is C24H34F6N2O8S2. The number of aromatic nitrogens is 2. The summed E-state index contributed by atoms with van der Waals surface area (Å²) in [5.74, 6) is 1.85. The summed E-state index contributed by atoms with van der Waals surface area (Å²) in [6, 6.07) is 12.5. The molecule has 0 radical (unpaired) electrons. The van der Waals surface area contributed by atoms with E-state index in [1.54, 1.807) is 14.2 Å². The molecule has 242 valence electrons. The predicted octanol–water partition coefficient (Wildman–Crippen LogP) is 3.58. The molecule has 0 amide bonds. The summed E-state index contributed by atoms with van der Waals surface area (Å²) in [7, 11) is -4.57. The Bertz CT molecular complexity index is 1220. The number of nitrogens with zero attached hydrogens (tertiary/aromatic N) is 2. The van der Waals surface area contributed by atoms with Crippen molar-refractivity contribution in [1.82, 2.24) is 0 Å². The Labute approximate surface area is 241 Å². The second-order valence-corrected chi connectivity index (χ2v) is 11.4. The topological polar surface area (TPSA) is 141 Å². The highest BCUT2D eigenvalue weighted by molar-refractivity contribution is 7.86. The monoisotopic (exact) mass is 656 g/mol. The van der Waals surface area contributed by atoms with E-state index in [2.05, 4.69) is 47.5 Å². The van der Waals surface area contributed by atoms with Gasteiger partial charge in [0.05, 0.1) is 26.4 Å². The van der Waals surface area contributed by atoms with Crippen molar-refractivity contribution in [3.8, 4) is 11.8 Å². The van der Waals surface area contributed by atoms with Crippen LogP contribution >= 0.6 is 0 Å². The molecule has 0 aliphatic rings. The zero-order chi connectivity index (χ0) is 32.8. The lowest BCUT2D eigenvalue weighted by Gasteiger charge is -2.08. The van der Waals surface area contributed by atoms with Crippen LogP contribution in [-0.2, 0) is 47.2 Å². The number of alkyl halides is 6. The molecule has 0 aromatic carbocycles. The number of aryl methyl sites for hydroxylation is 2. The van der Waals surface area contributed by atoms with Gasteiger partial charge in [-0.1, -0.05) is 25.7 Å². The van der Waals surface area contributed by atoms with Gasteiger partial charge >= 0.3 is 22.8 Å². The molecule has 0 aliphatic heterocycles. The van der Waals surface area contributed by atoms with Crippen LogP contribution in [0.15, 0.2) is 36.4 Å².